The van der Waals surface area contributed by atoms with Gasteiger partial charge in [0.1, 0.15) is 0 Å². The highest BCUT2D eigenvalue weighted by atomic mass is 32.2. The Hall–Kier alpha value is -1.96. The molecule has 0 amide bonds. The predicted molar refractivity (Wildman–Crippen MR) is 64.6 cm³/mol. The van der Waals surface area contributed by atoms with Crippen LogP contribution in [0.3, 0.4) is 0 Å². The Balaban J connectivity index is 1.81. The Morgan fingerprint density at radius 1 is 1.26 bits per heavy atom. The normalized spacial score (nSPS) is 11.3. The van der Waals surface area contributed by atoms with Crippen LogP contribution < -0.4 is 0 Å². The maximum atomic E-state index is 13.0. The molecule has 0 aliphatic rings. The first kappa shape index (κ1) is 12.1. The summed E-state index contributed by atoms with van der Waals surface area (Å²) >= 11 is 1.32. The number of hydrogen-bond acceptors (Lipinski definition) is 5. The van der Waals surface area contributed by atoms with E-state index in [9.17, 15) is 8.78 Å². The lowest BCUT2D eigenvalue weighted by Gasteiger charge is -1.91. The second-order valence-corrected chi connectivity index (χ2v) is 4.79. The van der Waals surface area contributed by atoms with E-state index in [0.29, 0.717) is 33.7 Å². The molecule has 0 unspecified atom stereocenters. The molecule has 0 atom stereocenters. The van der Waals surface area contributed by atoms with Crippen LogP contribution in [-0.4, -0.2) is 20.2 Å². The van der Waals surface area contributed by atoms with Crippen molar-refractivity contribution in [1.82, 2.24) is 20.2 Å². The van der Waals surface area contributed by atoms with E-state index < -0.39 is 11.6 Å². The minimum Gasteiger partial charge on any atom is -0.425 e. The van der Waals surface area contributed by atoms with E-state index in [1.807, 2.05) is 0 Å². The van der Waals surface area contributed by atoms with Crippen LogP contribution in [0.15, 0.2) is 21.7 Å². The number of aryl methyl sites for hydroxylation is 1. The summed E-state index contributed by atoms with van der Waals surface area (Å²) in [6.07, 6.45) is 0. The number of halogens is 2. The van der Waals surface area contributed by atoms with Gasteiger partial charge in [-0.1, -0.05) is 11.8 Å². The highest BCUT2D eigenvalue weighted by Gasteiger charge is 2.10. The van der Waals surface area contributed by atoms with E-state index in [4.69, 9.17) is 4.42 Å². The lowest BCUT2D eigenvalue weighted by Crippen LogP contribution is -1.82. The van der Waals surface area contributed by atoms with Crippen molar-refractivity contribution >= 4 is 22.8 Å². The highest BCUT2D eigenvalue weighted by molar-refractivity contribution is 7.98. The zero-order valence-corrected chi connectivity index (χ0v) is 10.6. The molecule has 98 valence electrons. The summed E-state index contributed by atoms with van der Waals surface area (Å²) in [6.45, 7) is 1.70. The minimum absolute atomic E-state index is 0.378. The van der Waals surface area contributed by atoms with Gasteiger partial charge in [-0.15, -0.1) is 10.2 Å². The van der Waals surface area contributed by atoms with Crippen LogP contribution in [0.1, 0.15) is 11.8 Å². The van der Waals surface area contributed by atoms with Crippen molar-refractivity contribution < 1.29 is 13.2 Å². The SMILES string of the molecule is Cc1nnc(CSc2nc3cc(F)c(F)cc3[nH]2)o1. The highest BCUT2D eigenvalue weighted by Crippen LogP contribution is 2.24. The van der Waals surface area contributed by atoms with Gasteiger partial charge in [-0.2, -0.15) is 0 Å². The zero-order valence-electron chi connectivity index (χ0n) is 9.78. The van der Waals surface area contributed by atoms with Gasteiger partial charge < -0.3 is 9.40 Å². The van der Waals surface area contributed by atoms with Crippen LogP contribution in [0, 0.1) is 18.6 Å². The van der Waals surface area contributed by atoms with Gasteiger partial charge in [-0.05, 0) is 0 Å². The molecule has 5 nitrogen and oxygen atoms in total. The number of H-pyrrole nitrogens is 1. The number of benzene rings is 1. The Labute approximate surface area is 110 Å². The van der Waals surface area contributed by atoms with Gasteiger partial charge in [0.25, 0.3) is 0 Å². The molecule has 1 N–H and O–H groups in total. The number of nitrogens with zero attached hydrogens (tertiary/aromatic N) is 3. The Morgan fingerprint density at radius 2 is 2.05 bits per heavy atom. The molecule has 0 radical (unpaired) electrons. The number of fused-ring (bicyclic) bond motifs is 1. The quantitative estimate of drug-likeness (QED) is 0.748. The van der Waals surface area contributed by atoms with E-state index >= 15 is 0 Å². The fourth-order valence-electron chi connectivity index (χ4n) is 1.58. The molecule has 1 aromatic carbocycles. The summed E-state index contributed by atoms with van der Waals surface area (Å²) in [6, 6.07) is 2.14. The number of rotatable bonds is 3. The molecule has 0 saturated carbocycles. The van der Waals surface area contributed by atoms with Crippen molar-refractivity contribution in [3.8, 4) is 0 Å². The summed E-state index contributed by atoms with van der Waals surface area (Å²) < 4.78 is 31.3. The van der Waals surface area contributed by atoms with Crippen LogP contribution in [0.5, 0.6) is 0 Å². The molecule has 0 aliphatic heterocycles. The van der Waals surface area contributed by atoms with Crippen molar-refractivity contribution in [3.05, 3.63) is 35.5 Å². The van der Waals surface area contributed by atoms with Gasteiger partial charge >= 0.3 is 0 Å². The van der Waals surface area contributed by atoms with Gasteiger partial charge in [-0.25, -0.2) is 13.8 Å². The van der Waals surface area contributed by atoms with E-state index in [-0.39, 0.29) is 0 Å². The van der Waals surface area contributed by atoms with Crippen molar-refractivity contribution in [1.29, 1.82) is 0 Å². The third-order valence-electron chi connectivity index (χ3n) is 2.40. The van der Waals surface area contributed by atoms with Crippen LogP contribution in [-0.2, 0) is 5.75 Å². The third-order valence-corrected chi connectivity index (χ3v) is 3.26. The van der Waals surface area contributed by atoms with Gasteiger partial charge in [-0.3, -0.25) is 0 Å². The standard InChI is InChI=1S/C11H8F2N4OS/c1-5-16-17-10(18-5)4-19-11-14-8-2-6(12)7(13)3-9(8)15-11/h2-3H,4H2,1H3,(H,14,15). The Morgan fingerprint density at radius 3 is 2.79 bits per heavy atom. The molecule has 2 heterocycles. The topological polar surface area (TPSA) is 67.6 Å². The maximum absolute atomic E-state index is 13.0. The molecule has 0 bridgehead atoms. The van der Waals surface area contributed by atoms with E-state index in [0.717, 1.165) is 12.1 Å². The number of nitrogens with one attached hydrogen (secondary N) is 1. The summed E-state index contributed by atoms with van der Waals surface area (Å²) in [5.74, 6) is -0.418. The zero-order chi connectivity index (χ0) is 13.4. The van der Waals surface area contributed by atoms with E-state index in [2.05, 4.69) is 20.2 Å². The molecule has 0 fully saturated rings. The molecule has 0 aliphatic carbocycles. The number of aromatic amines is 1. The Bertz CT molecular complexity index is 700. The largest absolute Gasteiger partial charge is 0.425 e. The third kappa shape index (κ3) is 2.43. The van der Waals surface area contributed by atoms with E-state index in [1.165, 1.54) is 11.8 Å². The number of aromatic nitrogens is 4. The molecule has 8 heteroatoms. The monoisotopic (exact) mass is 282 g/mol. The fraction of sp³-hybridized carbons (Fsp3) is 0.182. The van der Waals surface area contributed by atoms with Gasteiger partial charge in [0.2, 0.25) is 11.8 Å². The second kappa shape index (κ2) is 4.61. The fourth-order valence-corrected chi connectivity index (χ4v) is 2.30. The van der Waals surface area contributed by atoms with Crippen molar-refractivity contribution in [2.75, 3.05) is 0 Å². The lowest BCUT2D eigenvalue weighted by atomic mass is 10.3. The molecule has 3 rings (SSSR count). The first-order chi connectivity index (χ1) is 9.11. The maximum Gasteiger partial charge on any atom is 0.226 e. The van der Waals surface area contributed by atoms with Gasteiger partial charge in [0, 0.05) is 19.1 Å². The average molecular weight is 282 g/mol. The first-order valence-corrected chi connectivity index (χ1v) is 6.37. The summed E-state index contributed by atoms with van der Waals surface area (Å²) in [7, 11) is 0. The molecular weight excluding hydrogens is 274 g/mol. The van der Waals surface area contributed by atoms with Crippen LogP contribution in [0.2, 0.25) is 0 Å². The Kier molecular flexibility index (Phi) is 2.94. The molecule has 3 aromatic rings. The summed E-state index contributed by atoms with van der Waals surface area (Å²) in [5.41, 5.74) is 0.825. The van der Waals surface area contributed by atoms with Crippen LogP contribution in [0.4, 0.5) is 8.78 Å². The minimum atomic E-state index is -0.914. The summed E-state index contributed by atoms with van der Waals surface area (Å²) in [4.78, 5) is 7.04. The predicted octanol–water partition coefficient (Wildman–Crippen LogP) is 2.82. The number of imidazole rings is 1. The molecule has 2 aromatic heterocycles. The van der Waals surface area contributed by atoms with Crippen LogP contribution in [0.25, 0.3) is 11.0 Å². The smallest absolute Gasteiger partial charge is 0.226 e. The number of thioether (sulfide) groups is 1. The van der Waals surface area contributed by atoms with E-state index in [1.54, 1.807) is 6.92 Å². The van der Waals surface area contributed by atoms with Gasteiger partial charge in [0.05, 0.1) is 16.8 Å². The van der Waals surface area contributed by atoms with Crippen LogP contribution >= 0.6 is 11.8 Å². The summed E-state index contributed by atoms with van der Waals surface area (Å²) in [5, 5.41) is 8.09. The van der Waals surface area contributed by atoms with Crippen molar-refractivity contribution in [2.24, 2.45) is 0 Å². The lowest BCUT2D eigenvalue weighted by molar-refractivity contribution is 0.485. The molecular formula is C11H8F2N4OS. The molecule has 0 saturated heterocycles. The number of hydrogen-bond donors (Lipinski definition) is 1. The molecule has 0 spiro atoms. The molecule has 19 heavy (non-hydrogen) atoms. The van der Waals surface area contributed by atoms with Gasteiger partial charge in [0.15, 0.2) is 16.8 Å². The van der Waals surface area contributed by atoms with Crippen molar-refractivity contribution in [2.45, 2.75) is 17.8 Å². The first-order valence-electron chi connectivity index (χ1n) is 5.38. The van der Waals surface area contributed by atoms with Crippen molar-refractivity contribution in [3.63, 3.8) is 0 Å². The second-order valence-electron chi connectivity index (χ2n) is 3.83. The average Bonchev–Trinajstić information content (AvgIpc) is 2.93.